The number of hydrogen-bond donors (Lipinski definition) is 1. The van der Waals surface area contributed by atoms with Crippen molar-refractivity contribution in [3.8, 4) is 0 Å². The highest BCUT2D eigenvalue weighted by Crippen LogP contribution is 2.21. The van der Waals surface area contributed by atoms with Crippen molar-refractivity contribution >= 4 is 21.9 Å². The molecule has 3 nitrogen and oxygen atoms in total. The van der Waals surface area contributed by atoms with E-state index in [1.165, 1.54) is 19.3 Å². The van der Waals surface area contributed by atoms with E-state index in [-0.39, 0.29) is 5.56 Å². The molecular weight excluding hydrogens is 320 g/mol. The molecule has 1 N–H and O–H groups in total. The van der Waals surface area contributed by atoms with Gasteiger partial charge in [-0.05, 0) is 30.0 Å². The van der Waals surface area contributed by atoms with E-state index < -0.39 is 5.97 Å². The van der Waals surface area contributed by atoms with Crippen LogP contribution in [0.25, 0.3) is 0 Å². The van der Waals surface area contributed by atoms with E-state index in [9.17, 15) is 4.79 Å². The minimum Gasteiger partial charge on any atom is -0.478 e. The molecule has 0 bridgehead atoms. The van der Waals surface area contributed by atoms with Crippen molar-refractivity contribution in [1.82, 2.24) is 0 Å². The number of carboxylic acids is 1. The lowest BCUT2D eigenvalue weighted by Gasteiger charge is -2.15. The maximum absolute atomic E-state index is 10.9. The number of hydrogen-bond acceptors (Lipinski definition) is 2. The first-order chi connectivity index (χ1) is 9.58. The molecule has 1 aromatic rings. The fraction of sp³-hybridized carbons (Fsp3) is 0.562. The van der Waals surface area contributed by atoms with Crippen molar-refractivity contribution in [2.24, 2.45) is 5.92 Å². The third kappa shape index (κ3) is 5.63. The summed E-state index contributed by atoms with van der Waals surface area (Å²) in [5.41, 5.74) is 1.27. The molecule has 0 saturated carbocycles. The van der Waals surface area contributed by atoms with Crippen LogP contribution in [0.4, 0.5) is 0 Å². The van der Waals surface area contributed by atoms with E-state index in [1.807, 2.05) is 0 Å². The number of rotatable bonds is 9. The van der Waals surface area contributed by atoms with Crippen LogP contribution in [0, 0.1) is 5.92 Å². The Labute approximate surface area is 129 Å². The fourth-order valence-corrected chi connectivity index (χ4v) is 2.52. The van der Waals surface area contributed by atoms with Gasteiger partial charge in [-0.3, -0.25) is 0 Å². The minimum atomic E-state index is -0.913. The van der Waals surface area contributed by atoms with Gasteiger partial charge in [-0.1, -0.05) is 55.1 Å². The minimum absolute atomic E-state index is 0.287. The van der Waals surface area contributed by atoms with Gasteiger partial charge >= 0.3 is 5.97 Å². The summed E-state index contributed by atoms with van der Waals surface area (Å²) in [5.74, 6) is -0.296. The molecule has 1 unspecified atom stereocenters. The Hall–Kier alpha value is -0.870. The molecule has 0 amide bonds. The smallest absolute Gasteiger partial charge is 0.335 e. The quantitative estimate of drug-likeness (QED) is 0.695. The highest BCUT2D eigenvalue weighted by atomic mass is 79.9. The number of unbranched alkanes of at least 4 members (excludes halogenated alkanes) is 1. The maximum atomic E-state index is 10.9. The van der Waals surface area contributed by atoms with Crippen LogP contribution in [-0.4, -0.2) is 17.7 Å². The second-order valence-corrected chi connectivity index (χ2v) is 5.90. The molecule has 0 aliphatic rings. The van der Waals surface area contributed by atoms with Gasteiger partial charge in [0.15, 0.2) is 0 Å². The molecule has 0 radical (unpaired) electrons. The number of ether oxygens (including phenoxy) is 1. The Morgan fingerprint density at radius 3 is 2.70 bits per heavy atom. The first-order valence-corrected chi connectivity index (χ1v) is 7.97. The highest BCUT2D eigenvalue weighted by Gasteiger charge is 2.09. The van der Waals surface area contributed by atoms with Crippen LogP contribution >= 0.6 is 15.9 Å². The molecule has 0 saturated heterocycles. The zero-order valence-electron chi connectivity index (χ0n) is 12.2. The average Bonchev–Trinajstić information content (AvgIpc) is 2.43. The Morgan fingerprint density at radius 2 is 2.15 bits per heavy atom. The third-order valence-electron chi connectivity index (χ3n) is 3.45. The van der Waals surface area contributed by atoms with Crippen LogP contribution in [0.1, 0.15) is 55.5 Å². The molecule has 1 atom stereocenters. The predicted octanol–water partition coefficient (Wildman–Crippen LogP) is 4.88. The Kier molecular flexibility index (Phi) is 7.85. The maximum Gasteiger partial charge on any atom is 0.335 e. The van der Waals surface area contributed by atoms with Gasteiger partial charge in [-0.15, -0.1) is 0 Å². The summed E-state index contributed by atoms with van der Waals surface area (Å²) in [6, 6.07) is 5.04. The van der Waals surface area contributed by atoms with Crippen LogP contribution in [0.5, 0.6) is 0 Å². The molecule has 1 aromatic carbocycles. The number of halogens is 1. The van der Waals surface area contributed by atoms with Crippen molar-refractivity contribution in [3.63, 3.8) is 0 Å². The lowest BCUT2D eigenvalue weighted by atomic mass is 10.0. The van der Waals surface area contributed by atoms with Gasteiger partial charge in [0.2, 0.25) is 0 Å². The molecule has 20 heavy (non-hydrogen) atoms. The number of aromatic carboxylic acids is 1. The normalized spacial score (nSPS) is 12.3. The topological polar surface area (TPSA) is 46.5 Å². The fourth-order valence-electron chi connectivity index (χ4n) is 2.03. The summed E-state index contributed by atoms with van der Waals surface area (Å²) in [7, 11) is 0. The molecule has 112 valence electrons. The summed E-state index contributed by atoms with van der Waals surface area (Å²) in [6.45, 7) is 5.68. The molecule has 4 heteroatoms. The van der Waals surface area contributed by atoms with Crippen molar-refractivity contribution in [1.29, 1.82) is 0 Å². The predicted molar refractivity (Wildman–Crippen MR) is 84.1 cm³/mol. The summed E-state index contributed by atoms with van der Waals surface area (Å²) >= 11 is 3.40. The summed E-state index contributed by atoms with van der Waals surface area (Å²) in [4.78, 5) is 10.9. The summed E-state index contributed by atoms with van der Waals surface area (Å²) < 4.78 is 6.56. The highest BCUT2D eigenvalue weighted by molar-refractivity contribution is 9.10. The third-order valence-corrected chi connectivity index (χ3v) is 4.19. The SMILES string of the molecule is CCCCC(CC)COCc1ccc(C(=O)O)cc1Br. The largest absolute Gasteiger partial charge is 0.478 e. The number of carboxylic acid groups (broad SMARTS) is 1. The summed E-state index contributed by atoms with van der Waals surface area (Å²) in [5, 5.41) is 8.91. The van der Waals surface area contributed by atoms with Gasteiger partial charge in [-0.2, -0.15) is 0 Å². The van der Waals surface area contributed by atoms with Crippen LogP contribution in [0.3, 0.4) is 0 Å². The average molecular weight is 343 g/mol. The van der Waals surface area contributed by atoms with E-state index in [4.69, 9.17) is 9.84 Å². The van der Waals surface area contributed by atoms with Gasteiger partial charge in [-0.25, -0.2) is 4.79 Å². The first-order valence-electron chi connectivity index (χ1n) is 7.17. The van der Waals surface area contributed by atoms with Gasteiger partial charge in [0, 0.05) is 11.1 Å². The van der Waals surface area contributed by atoms with E-state index in [0.717, 1.165) is 23.1 Å². The molecular formula is C16H23BrO3. The molecule has 0 fully saturated rings. The molecule has 0 spiro atoms. The van der Waals surface area contributed by atoms with Crippen molar-refractivity contribution < 1.29 is 14.6 Å². The summed E-state index contributed by atoms with van der Waals surface area (Å²) in [6.07, 6.45) is 4.82. The van der Waals surface area contributed by atoms with Crippen LogP contribution in [-0.2, 0) is 11.3 Å². The van der Waals surface area contributed by atoms with Gasteiger partial charge in [0.1, 0.15) is 0 Å². The molecule has 1 rings (SSSR count). The number of carbonyl (C=O) groups is 1. The van der Waals surface area contributed by atoms with Gasteiger partial charge < -0.3 is 9.84 Å². The lowest BCUT2D eigenvalue weighted by molar-refractivity contribution is 0.0696. The number of benzene rings is 1. The van der Waals surface area contributed by atoms with E-state index in [1.54, 1.807) is 18.2 Å². The Bertz CT molecular complexity index is 432. The second-order valence-electron chi connectivity index (χ2n) is 5.04. The van der Waals surface area contributed by atoms with Crippen LogP contribution < -0.4 is 0 Å². The molecule has 0 aromatic heterocycles. The zero-order chi connectivity index (χ0) is 15.0. The zero-order valence-corrected chi connectivity index (χ0v) is 13.8. The molecule has 0 heterocycles. The van der Waals surface area contributed by atoms with Gasteiger partial charge in [0.25, 0.3) is 0 Å². The van der Waals surface area contributed by atoms with Crippen molar-refractivity contribution in [2.75, 3.05) is 6.61 Å². The van der Waals surface area contributed by atoms with Gasteiger partial charge in [0.05, 0.1) is 12.2 Å². The van der Waals surface area contributed by atoms with Crippen LogP contribution in [0.2, 0.25) is 0 Å². The van der Waals surface area contributed by atoms with Crippen LogP contribution in [0.15, 0.2) is 22.7 Å². The van der Waals surface area contributed by atoms with Crippen molar-refractivity contribution in [2.45, 2.75) is 46.1 Å². The van der Waals surface area contributed by atoms with E-state index in [0.29, 0.717) is 12.5 Å². The molecule has 0 aliphatic carbocycles. The standard InChI is InChI=1S/C16H23BrO3/c1-3-5-6-12(4-2)10-20-11-14-8-7-13(16(18)19)9-15(14)17/h7-9,12H,3-6,10-11H2,1-2H3,(H,18,19). The van der Waals surface area contributed by atoms with Crippen molar-refractivity contribution in [3.05, 3.63) is 33.8 Å². The monoisotopic (exact) mass is 342 g/mol. The Morgan fingerprint density at radius 1 is 1.40 bits per heavy atom. The Balaban J connectivity index is 2.47. The second kappa shape index (κ2) is 9.14. The first kappa shape index (κ1) is 17.2. The lowest BCUT2D eigenvalue weighted by Crippen LogP contribution is -2.09. The van der Waals surface area contributed by atoms with E-state index in [2.05, 4.69) is 29.8 Å². The van der Waals surface area contributed by atoms with E-state index >= 15 is 0 Å². The molecule has 0 aliphatic heterocycles.